The maximum absolute atomic E-state index is 13.3. The van der Waals surface area contributed by atoms with Gasteiger partial charge in [0.25, 0.3) is 0 Å². The lowest BCUT2D eigenvalue weighted by Gasteiger charge is -2.37. The maximum Gasteiger partial charge on any atom is 0.239 e. The average Bonchev–Trinajstić information content (AvgIpc) is 2.83. The predicted molar refractivity (Wildman–Crippen MR) is 94.1 cm³/mol. The molecule has 3 rings (SSSR count). The molecule has 1 amide bonds. The Morgan fingerprint density at radius 2 is 1.96 bits per heavy atom. The van der Waals surface area contributed by atoms with Crippen molar-refractivity contribution in [2.75, 3.05) is 12.4 Å². The number of oxime groups is 1. The summed E-state index contributed by atoms with van der Waals surface area (Å²) in [6.07, 6.45) is 1.07. The summed E-state index contributed by atoms with van der Waals surface area (Å²) >= 11 is 0. The number of ketones is 1. The number of carbonyl (C=O) groups is 2. The highest BCUT2D eigenvalue weighted by molar-refractivity contribution is 6.51. The number of hydrogen-bond acceptors (Lipinski definition) is 5. The van der Waals surface area contributed by atoms with Crippen molar-refractivity contribution in [3.63, 3.8) is 0 Å². The van der Waals surface area contributed by atoms with E-state index in [4.69, 9.17) is 4.74 Å². The van der Waals surface area contributed by atoms with Crippen LogP contribution in [-0.4, -0.2) is 29.7 Å². The van der Waals surface area contributed by atoms with Crippen LogP contribution in [0.1, 0.15) is 39.2 Å². The Morgan fingerprint density at radius 3 is 2.52 bits per heavy atom. The van der Waals surface area contributed by atoms with Gasteiger partial charge in [0.2, 0.25) is 5.91 Å². The molecule has 0 aliphatic heterocycles. The number of fused-ring (bicyclic) bond motifs is 2. The van der Waals surface area contributed by atoms with Crippen LogP contribution < -0.4 is 10.1 Å². The van der Waals surface area contributed by atoms with Gasteiger partial charge in [-0.25, -0.2) is 0 Å². The van der Waals surface area contributed by atoms with Crippen molar-refractivity contribution >= 4 is 23.1 Å². The van der Waals surface area contributed by atoms with Gasteiger partial charge in [0, 0.05) is 5.41 Å². The number of methoxy groups -OCH3 is 1. The van der Waals surface area contributed by atoms with E-state index in [0.717, 1.165) is 5.56 Å². The Morgan fingerprint density at radius 1 is 1.28 bits per heavy atom. The van der Waals surface area contributed by atoms with E-state index in [1.807, 2.05) is 39.8 Å². The van der Waals surface area contributed by atoms with Crippen molar-refractivity contribution in [3.8, 4) is 5.75 Å². The van der Waals surface area contributed by atoms with Gasteiger partial charge in [0.05, 0.1) is 12.8 Å². The van der Waals surface area contributed by atoms with Gasteiger partial charge in [-0.2, -0.15) is 0 Å². The monoisotopic (exact) mass is 344 g/mol. The molecule has 25 heavy (non-hydrogen) atoms. The standard InChI is InChI=1S/C19H24N2O4/c1-11-6-7-13(25-5)12(10-11)20-16(23)19-9-8-18(4,17(19,2)3)14(21-24)15(19)22/h6-7,10,24H,8-9H2,1-5H3,(H,20,23)/b21-14+. The zero-order valence-electron chi connectivity index (χ0n) is 15.3. The highest BCUT2D eigenvalue weighted by atomic mass is 16.5. The molecule has 0 saturated heterocycles. The Hall–Kier alpha value is -2.37. The fraction of sp³-hybridized carbons (Fsp3) is 0.526. The number of aryl methyl sites for hydroxylation is 1. The molecule has 2 bridgehead atoms. The van der Waals surface area contributed by atoms with E-state index >= 15 is 0 Å². The zero-order chi connectivity index (χ0) is 18.6. The van der Waals surface area contributed by atoms with Crippen molar-refractivity contribution < 1.29 is 19.5 Å². The van der Waals surface area contributed by atoms with Crippen molar-refractivity contribution in [2.24, 2.45) is 21.4 Å². The minimum Gasteiger partial charge on any atom is -0.495 e. The third-order valence-electron chi connectivity index (χ3n) is 6.66. The van der Waals surface area contributed by atoms with Gasteiger partial charge in [-0.3, -0.25) is 9.59 Å². The largest absolute Gasteiger partial charge is 0.495 e. The summed E-state index contributed by atoms with van der Waals surface area (Å²) < 4.78 is 5.32. The molecule has 1 aromatic carbocycles. The van der Waals surface area contributed by atoms with E-state index in [9.17, 15) is 14.8 Å². The number of rotatable bonds is 3. The molecule has 0 aromatic heterocycles. The summed E-state index contributed by atoms with van der Waals surface area (Å²) in [5.41, 5.74) is -0.895. The smallest absolute Gasteiger partial charge is 0.239 e. The summed E-state index contributed by atoms with van der Waals surface area (Å²) in [6.45, 7) is 7.63. The van der Waals surface area contributed by atoms with Crippen LogP contribution in [0.15, 0.2) is 23.4 Å². The highest BCUT2D eigenvalue weighted by Crippen LogP contribution is 2.69. The molecule has 0 spiro atoms. The van der Waals surface area contributed by atoms with E-state index in [2.05, 4.69) is 10.5 Å². The van der Waals surface area contributed by atoms with E-state index in [1.54, 1.807) is 6.07 Å². The number of amides is 1. The number of anilines is 1. The molecule has 6 nitrogen and oxygen atoms in total. The number of ether oxygens (including phenoxy) is 1. The van der Waals surface area contributed by atoms with Crippen LogP contribution in [0.4, 0.5) is 5.69 Å². The van der Waals surface area contributed by atoms with Gasteiger partial charge in [0.15, 0.2) is 5.78 Å². The molecule has 6 heteroatoms. The van der Waals surface area contributed by atoms with E-state index in [1.165, 1.54) is 7.11 Å². The second kappa shape index (κ2) is 5.31. The summed E-state index contributed by atoms with van der Waals surface area (Å²) in [7, 11) is 1.53. The first kappa shape index (κ1) is 17.5. The fourth-order valence-corrected chi connectivity index (χ4v) is 4.60. The average molecular weight is 344 g/mol. The Kier molecular flexibility index (Phi) is 3.71. The van der Waals surface area contributed by atoms with Gasteiger partial charge in [-0.1, -0.05) is 32.0 Å². The summed E-state index contributed by atoms with van der Waals surface area (Å²) in [5, 5.41) is 15.5. The maximum atomic E-state index is 13.3. The van der Waals surface area contributed by atoms with Crippen molar-refractivity contribution in [3.05, 3.63) is 23.8 Å². The summed E-state index contributed by atoms with van der Waals surface area (Å²) in [6, 6.07) is 5.49. The third-order valence-corrected chi connectivity index (χ3v) is 6.66. The Bertz CT molecular complexity index is 799. The van der Waals surface area contributed by atoms with Crippen LogP contribution >= 0.6 is 0 Å². The van der Waals surface area contributed by atoms with Gasteiger partial charge in [-0.05, 0) is 42.9 Å². The topological polar surface area (TPSA) is 88.0 Å². The summed E-state index contributed by atoms with van der Waals surface area (Å²) in [5.74, 6) is -0.206. The SMILES string of the molecule is COc1ccc(C)cc1NC(=O)C12CCC(C)(/C(=N/O)C1=O)C2(C)C. The molecule has 134 valence electrons. The van der Waals surface area contributed by atoms with Crippen LogP contribution in [-0.2, 0) is 9.59 Å². The number of nitrogens with zero attached hydrogens (tertiary/aromatic N) is 1. The number of benzene rings is 1. The van der Waals surface area contributed by atoms with E-state index in [0.29, 0.717) is 24.3 Å². The number of carbonyl (C=O) groups excluding carboxylic acids is 2. The predicted octanol–water partition coefficient (Wildman–Crippen LogP) is 3.17. The molecule has 0 heterocycles. The molecular formula is C19H24N2O4. The third kappa shape index (κ3) is 1.94. The Labute approximate surface area is 147 Å². The van der Waals surface area contributed by atoms with Crippen molar-refractivity contribution in [1.29, 1.82) is 0 Å². The molecule has 2 atom stereocenters. The van der Waals surface area contributed by atoms with Gasteiger partial charge >= 0.3 is 0 Å². The van der Waals surface area contributed by atoms with Gasteiger partial charge in [0.1, 0.15) is 16.9 Å². The minimum atomic E-state index is -1.24. The molecule has 2 fully saturated rings. The normalized spacial score (nSPS) is 31.4. The number of nitrogens with one attached hydrogen (secondary N) is 1. The minimum absolute atomic E-state index is 0.107. The second-order valence-electron chi connectivity index (χ2n) is 7.80. The van der Waals surface area contributed by atoms with Crippen LogP contribution in [0, 0.1) is 23.2 Å². The van der Waals surface area contributed by atoms with Crippen LogP contribution in [0.3, 0.4) is 0 Å². The van der Waals surface area contributed by atoms with Gasteiger partial charge < -0.3 is 15.3 Å². The molecule has 2 aliphatic carbocycles. The van der Waals surface area contributed by atoms with Crippen molar-refractivity contribution in [1.82, 2.24) is 0 Å². The first-order valence-corrected chi connectivity index (χ1v) is 8.39. The first-order valence-electron chi connectivity index (χ1n) is 8.39. The molecule has 2 unspecified atom stereocenters. The van der Waals surface area contributed by atoms with E-state index in [-0.39, 0.29) is 17.4 Å². The molecule has 2 saturated carbocycles. The molecule has 1 aromatic rings. The lowest BCUT2D eigenvalue weighted by Crippen LogP contribution is -2.47. The summed E-state index contributed by atoms with van der Waals surface area (Å²) in [4.78, 5) is 26.3. The fourth-order valence-electron chi connectivity index (χ4n) is 4.60. The molecule has 2 N–H and O–H groups in total. The van der Waals surface area contributed by atoms with Crippen molar-refractivity contribution in [2.45, 2.75) is 40.5 Å². The quantitative estimate of drug-likeness (QED) is 0.501. The van der Waals surface area contributed by atoms with Crippen LogP contribution in [0.2, 0.25) is 0 Å². The van der Waals surface area contributed by atoms with E-state index < -0.39 is 16.2 Å². The highest BCUT2D eigenvalue weighted by Gasteiger charge is 2.76. The van der Waals surface area contributed by atoms with Gasteiger partial charge in [-0.15, -0.1) is 0 Å². The zero-order valence-corrected chi connectivity index (χ0v) is 15.3. The number of hydrogen-bond donors (Lipinski definition) is 2. The molecule has 2 aliphatic rings. The lowest BCUT2D eigenvalue weighted by molar-refractivity contribution is -0.140. The van der Waals surface area contributed by atoms with Crippen LogP contribution in [0.5, 0.6) is 5.75 Å². The number of Topliss-reactive ketones (excluding diaryl/α,β-unsaturated/α-hetero) is 1. The molecule has 0 radical (unpaired) electrons. The first-order chi connectivity index (χ1) is 11.7. The Balaban J connectivity index is 2.06. The second-order valence-corrected chi connectivity index (χ2v) is 7.80. The van der Waals surface area contributed by atoms with Crippen LogP contribution in [0.25, 0.3) is 0 Å². The molecular weight excluding hydrogens is 320 g/mol. The lowest BCUT2D eigenvalue weighted by atomic mass is 9.64.